The number of nitrogens with zero attached hydrogens (tertiary/aromatic N) is 2. The van der Waals surface area contributed by atoms with Crippen molar-refractivity contribution in [2.75, 3.05) is 13.2 Å². The van der Waals surface area contributed by atoms with Crippen LogP contribution in [0.5, 0.6) is 11.5 Å². The molecule has 1 amide bonds. The predicted molar refractivity (Wildman–Crippen MR) is 138 cm³/mol. The highest BCUT2D eigenvalue weighted by Crippen LogP contribution is 2.28. The van der Waals surface area contributed by atoms with Crippen molar-refractivity contribution in [1.29, 1.82) is 0 Å². The zero-order valence-corrected chi connectivity index (χ0v) is 21.8. The fourth-order valence-corrected chi connectivity index (χ4v) is 4.83. The monoisotopic (exact) mass is 579 g/mol. The number of ether oxygens (including phenoxy) is 1. The number of sulfonamides is 1. The van der Waals surface area contributed by atoms with Gasteiger partial charge in [0.25, 0.3) is 5.91 Å². The molecule has 0 radical (unpaired) electrons. The van der Waals surface area contributed by atoms with Gasteiger partial charge >= 0.3 is 0 Å². The van der Waals surface area contributed by atoms with Crippen LogP contribution in [0.3, 0.4) is 0 Å². The van der Waals surface area contributed by atoms with Gasteiger partial charge in [-0.15, -0.1) is 0 Å². The first-order chi connectivity index (χ1) is 16.7. The molecule has 0 atom stereocenters. The Balaban J connectivity index is 1.78. The molecule has 0 saturated carbocycles. The Labute approximate surface area is 217 Å². The number of phenols is 1. The number of halogens is 2. The average Bonchev–Trinajstić information content (AvgIpc) is 2.83. The van der Waals surface area contributed by atoms with Gasteiger partial charge in [0.1, 0.15) is 0 Å². The number of hydrogen-bond acceptors (Lipinski definition) is 6. The summed E-state index contributed by atoms with van der Waals surface area (Å²) in [5, 5.41) is 14.5. The molecular weight excluding hydrogens is 558 g/mol. The molecule has 11 heteroatoms. The quantitative estimate of drug-likeness (QED) is 0.270. The van der Waals surface area contributed by atoms with Crippen molar-refractivity contribution < 1.29 is 23.1 Å². The molecule has 0 fully saturated rings. The highest BCUT2D eigenvalue weighted by molar-refractivity contribution is 9.10. The Hall–Kier alpha value is -2.92. The van der Waals surface area contributed by atoms with Gasteiger partial charge < -0.3 is 9.84 Å². The molecule has 184 valence electrons. The first-order valence-corrected chi connectivity index (χ1v) is 13.1. The molecule has 0 unspecified atom stereocenters. The van der Waals surface area contributed by atoms with Gasteiger partial charge in [-0.25, -0.2) is 13.8 Å². The van der Waals surface area contributed by atoms with Crippen LogP contribution in [0.2, 0.25) is 5.02 Å². The van der Waals surface area contributed by atoms with Crippen molar-refractivity contribution >= 4 is 49.7 Å². The predicted octanol–water partition coefficient (Wildman–Crippen LogP) is 4.55. The fraction of sp³-hybridized carbons (Fsp3) is 0.167. The van der Waals surface area contributed by atoms with Crippen LogP contribution in [-0.2, 0) is 21.4 Å². The summed E-state index contributed by atoms with van der Waals surface area (Å²) in [6.45, 7) is 1.65. The summed E-state index contributed by atoms with van der Waals surface area (Å²) in [4.78, 5) is 12.6. The standard InChI is InChI=1S/C24H23BrClN3O5S/c1-2-34-22-5-3-4-18(24(22)31)14-27-28-23(30)16-29(15-17-6-8-19(25)9-7-17)35(32,33)21-12-10-20(26)11-13-21/h3-14,31H,2,15-16H2,1H3,(H,28,30)/b27-14-. The van der Waals surface area contributed by atoms with E-state index in [9.17, 15) is 18.3 Å². The van der Waals surface area contributed by atoms with Crippen molar-refractivity contribution in [3.63, 3.8) is 0 Å². The third-order valence-corrected chi connectivity index (χ3v) is 7.35. The molecule has 2 N–H and O–H groups in total. The lowest BCUT2D eigenvalue weighted by Gasteiger charge is -2.21. The molecule has 8 nitrogen and oxygen atoms in total. The lowest BCUT2D eigenvalue weighted by atomic mass is 10.2. The summed E-state index contributed by atoms with van der Waals surface area (Å²) in [7, 11) is -4.02. The zero-order valence-electron chi connectivity index (χ0n) is 18.7. The minimum absolute atomic E-state index is 0.00738. The zero-order chi connectivity index (χ0) is 25.4. The molecule has 3 aromatic rings. The number of para-hydroxylation sites is 1. The Morgan fingerprint density at radius 2 is 1.83 bits per heavy atom. The number of phenolic OH excluding ortho intramolecular Hbond substituents is 1. The van der Waals surface area contributed by atoms with Crippen molar-refractivity contribution in [3.8, 4) is 11.5 Å². The van der Waals surface area contributed by atoms with E-state index in [0.29, 0.717) is 22.8 Å². The van der Waals surface area contributed by atoms with Gasteiger partial charge in [-0.1, -0.05) is 45.7 Å². The van der Waals surface area contributed by atoms with Gasteiger partial charge in [0.05, 0.1) is 24.3 Å². The van der Waals surface area contributed by atoms with E-state index in [1.807, 2.05) is 0 Å². The van der Waals surface area contributed by atoms with Gasteiger partial charge in [0.15, 0.2) is 11.5 Å². The summed E-state index contributed by atoms with van der Waals surface area (Å²) in [6.07, 6.45) is 1.25. The normalized spacial score (nSPS) is 11.7. The molecule has 3 rings (SSSR count). The molecule has 0 bridgehead atoms. The largest absolute Gasteiger partial charge is 0.504 e. The molecule has 0 saturated heterocycles. The number of amides is 1. The number of aromatic hydroxyl groups is 1. The van der Waals surface area contributed by atoms with Crippen LogP contribution < -0.4 is 10.2 Å². The van der Waals surface area contributed by atoms with E-state index in [1.165, 1.54) is 30.5 Å². The number of carbonyl (C=O) groups is 1. The molecule has 3 aromatic carbocycles. The number of nitrogens with one attached hydrogen (secondary N) is 1. The Bertz CT molecular complexity index is 1300. The van der Waals surface area contributed by atoms with E-state index in [4.69, 9.17) is 16.3 Å². The second-order valence-corrected chi connectivity index (χ2v) is 10.6. The smallest absolute Gasteiger partial charge is 0.255 e. The minimum atomic E-state index is -4.02. The highest BCUT2D eigenvalue weighted by atomic mass is 79.9. The SMILES string of the molecule is CCOc1cccc(/C=N\NC(=O)CN(Cc2ccc(Br)cc2)S(=O)(=O)c2ccc(Cl)cc2)c1O. The average molecular weight is 581 g/mol. The lowest BCUT2D eigenvalue weighted by Crippen LogP contribution is -2.39. The van der Waals surface area contributed by atoms with E-state index in [2.05, 4.69) is 26.5 Å². The van der Waals surface area contributed by atoms with E-state index >= 15 is 0 Å². The maximum absolute atomic E-state index is 13.3. The molecule has 0 heterocycles. The molecule has 0 spiro atoms. The molecule has 0 aliphatic rings. The number of benzene rings is 3. The Morgan fingerprint density at radius 1 is 1.14 bits per heavy atom. The maximum atomic E-state index is 13.3. The Kier molecular flexibility index (Phi) is 9.27. The number of hydrogen-bond donors (Lipinski definition) is 2. The third-order valence-electron chi connectivity index (χ3n) is 4.77. The summed E-state index contributed by atoms with van der Waals surface area (Å²) < 4.78 is 33.8. The van der Waals surface area contributed by atoms with Crippen LogP contribution in [-0.4, -0.2) is 43.1 Å². The third kappa shape index (κ3) is 7.28. The summed E-state index contributed by atoms with van der Waals surface area (Å²) in [5.41, 5.74) is 3.34. The van der Waals surface area contributed by atoms with Gasteiger partial charge in [0.2, 0.25) is 10.0 Å². The van der Waals surface area contributed by atoms with E-state index in [0.717, 1.165) is 8.78 Å². The topological polar surface area (TPSA) is 108 Å². The van der Waals surface area contributed by atoms with Gasteiger partial charge in [-0.05, 0) is 61.0 Å². The van der Waals surface area contributed by atoms with Crippen LogP contribution in [0.25, 0.3) is 0 Å². The van der Waals surface area contributed by atoms with E-state index in [-0.39, 0.29) is 22.9 Å². The van der Waals surface area contributed by atoms with Crippen molar-refractivity contribution in [1.82, 2.24) is 9.73 Å². The summed E-state index contributed by atoms with van der Waals surface area (Å²) in [5.74, 6) is -0.483. The lowest BCUT2D eigenvalue weighted by molar-refractivity contribution is -0.121. The van der Waals surface area contributed by atoms with Crippen LogP contribution in [0.15, 0.2) is 81.2 Å². The Morgan fingerprint density at radius 3 is 2.49 bits per heavy atom. The van der Waals surface area contributed by atoms with Crippen molar-refractivity contribution in [2.24, 2.45) is 5.10 Å². The molecule has 0 aromatic heterocycles. The molecule has 35 heavy (non-hydrogen) atoms. The van der Waals surface area contributed by atoms with Crippen molar-refractivity contribution in [3.05, 3.63) is 87.4 Å². The minimum Gasteiger partial charge on any atom is -0.504 e. The van der Waals surface area contributed by atoms with Crippen molar-refractivity contribution in [2.45, 2.75) is 18.4 Å². The van der Waals surface area contributed by atoms with Crippen LogP contribution in [0, 0.1) is 0 Å². The second-order valence-electron chi connectivity index (χ2n) is 7.27. The number of hydrazone groups is 1. The van der Waals surface area contributed by atoms with Gasteiger partial charge in [0, 0.05) is 21.6 Å². The molecule has 0 aliphatic heterocycles. The number of rotatable bonds is 10. The highest BCUT2D eigenvalue weighted by Gasteiger charge is 2.27. The van der Waals surface area contributed by atoms with Crippen LogP contribution in [0.4, 0.5) is 0 Å². The first kappa shape index (κ1) is 26.7. The van der Waals surface area contributed by atoms with Gasteiger partial charge in [-0.2, -0.15) is 9.41 Å². The first-order valence-electron chi connectivity index (χ1n) is 10.5. The molecule has 0 aliphatic carbocycles. The number of carbonyl (C=O) groups excluding carboxylic acids is 1. The van der Waals surface area contributed by atoms with E-state index < -0.39 is 22.5 Å². The fourth-order valence-electron chi connectivity index (χ4n) is 3.06. The summed E-state index contributed by atoms with van der Waals surface area (Å²) >= 11 is 9.25. The summed E-state index contributed by atoms with van der Waals surface area (Å²) in [6, 6.07) is 17.7. The molecular formula is C24H23BrClN3O5S. The van der Waals surface area contributed by atoms with Gasteiger partial charge in [-0.3, -0.25) is 4.79 Å². The van der Waals surface area contributed by atoms with Crippen LogP contribution >= 0.6 is 27.5 Å². The maximum Gasteiger partial charge on any atom is 0.255 e. The van der Waals surface area contributed by atoms with E-state index in [1.54, 1.807) is 49.4 Å². The second kappa shape index (κ2) is 12.2. The van der Waals surface area contributed by atoms with Crippen LogP contribution in [0.1, 0.15) is 18.1 Å².